The molecule has 0 aliphatic carbocycles. The van der Waals surface area contributed by atoms with Gasteiger partial charge in [0.25, 0.3) is 0 Å². The Labute approximate surface area is 105 Å². The van der Waals surface area contributed by atoms with Crippen LogP contribution in [0.15, 0.2) is 12.7 Å². The molecule has 1 rings (SSSR count). The molecule has 0 spiro atoms. The van der Waals surface area contributed by atoms with Crippen LogP contribution in [-0.2, 0) is 9.59 Å². The Balaban J connectivity index is 0.00000169. The number of carboxylic acids is 1. The van der Waals surface area contributed by atoms with Crippen LogP contribution in [0.3, 0.4) is 0 Å². The van der Waals surface area contributed by atoms with E-state index in [0.717, 1.165) is 0 Å². The van der Waals surface area contributed by atoms with E-state index >= 15 is 0 Å². The number of carboxylic acid groups (broad SMARTS) is 1. The average Bonchev–Trinajstić information content (AvgIpc) is 2.17. The van der Waals surface area contributed by atoms with Gasteiger partial charge < -0.3 is 14.8 Å². The summed E-state index contributed by atoms with van der Waals surface area (Å²) in [4.78, 5) is 23.2. The summed E-state index contributed by atoms with van der Waals surface area (Å²) >= 11 is 0. The van der Waals surface area contributed by atoms with Gasteiger partial charge in [0.05, 0.1) is 0 Å². The second kappa shape index (κ2) is 6.22. The molecule has 72 valence electrons. The summed E-state index contributed by atoms with van der Waals surface area (Å²) in [5.74, 6) is -1.53. The van der Waals surface area contributed by atoms with E-state index < -0.39 is 11.9 Å². The predicted molar refractivity (Wildman–Crippen MR) is 44.5 cm³/mol. The number of nitrogens with zero attached hydrogens (tertiary/aromatic N) is 1. The second-order valence-electron chi connectivity index (χ2n) is 3.12. The Kier molecular flexibility index (Phi) is 6.08. The fraction of sp³-hybridized carbons (Fsp3) is 0.556. The van der Waals surface area contributed by atoms with E-state index in [9.17, 15) is 14.7 Å². The first-order valence-electron chi connectivity index (χ1n) is 4.27. The molecule has 14 heavy (non-hydrogen) atoms. The monoisotopic (exact) mass is 205 g/mol. The molecule has 0 N–H and O–H groups in total. The predicted octanol–water partition coefficient (Wildman–Crippen LogP) is -3.84. The van der Waals surface area contributed by atoms with Crippen molar-refractivity contribution in [1.82, 2.24) is 4.90 Å². The Hall–Kier alpha value is -0.320. The van der Waals surface area contributed by atoms with Crippen molar-refractivity contribution in [2.45, 2.75) is 12.8 Å². The number of aliphatic carboxylic acids is 1. The van der Waals surface area contributed by atoms with Crippen molar-refractivity contribution in [1.29, 1.82) is 0 Å². The van der Waals surface area contributed by atoms with Gasteiger partial charge in [-0.3, -0.25) is 4.79 Å². The summed E-state index contributed by atoms with van der Waals surface area (Å²) in [5, 5.41) is 10.5. The van der Waals surface area contributed by atoms with E-state index in [1.807, 2.05) is 0 Å². The third-order valence-electron chi connectivity index (χ3n) is 2.31. The molecule has 0 bridgehead atoms. The number of amides is 1. The van der Waals surface area contributed by atoms with Crippen molar-refractivity contribution in [3.63, 3.8) is 0 Å². The largest absolute Gasteiger partial charge is 1.00 e. The fourth-order valence-electron chi connectivity index (χ4n) is 1.46. The number of carbonyl (C=O) groups is 2. The maximum atomic E-state index is 11.1. The summed E-state index contributed by atoms with van der Waals surface area (Å²) in [6.45, 7) is 4.35. The van der Waals surface area contributed by atoms with E-state index in [-0.39, 0.29) is 35.5 Å². The number of carbonyl (C=O) groups excluding carboxylic acids is 2. The van der Waals surface area contributed by atoms with E-state index in [2.05, 4.69) is 6.58 Å². The molecule has 4 nitrogen and oxygen atoms in total. The third kappa shape index (κ3) is 3.44. The second-order valence-corrected chi connectivity index (χ2v) is 3.12. The maximum absolute atomic E-state index is 11.1. The number of rotatable bonds is 2. The number of hydrogen-bond donors (Lipinski definition) is 0. The topological polar surface area (TPSA) is 60.4 Å². The Morgan fingerprint density at radius 2 is 1.86 bits per heavy atom. The van der Waals surface area contributed by atoms with Crippen molar-refractivity contribution in [3.8, 4) is 0 Å². The zero-order valence-electron chi connectivity index (χ0n) is 8.36. The van der Waals surface area contributed by atoms with Gasteiger partial charge in [-0.15, -0.1) is 0 Å². The minimum atomic E-state index is -1.01. The molecule has 0 aromatic heterocycles. The zero-order chi connectivity index (χ0) is 9.84. The van der Waals surface area contributed by atoms with Crippen LogP contribution in [0, 0.1) is 5.92 Å². The quantitative estimate of drug-likeness (QED) is 0.343. The van der Waals surface area contributed by atoms with Crippen LogP contribution in [0.4, 0.5) is 0 Å². The van der Waals surface area contributed by atoms with Gasteiger partial charge in [0.2, 0.25) is 5.91 Å². The normalized spacial score (nSPS) is 17.0. The zero-order valence-corrected chi connectivity index (χ0v) is 10.4. The molecule has 0 aromatic carbocycles. The number of likely N-dealkylation sites (tertiary alicyclic amines) is 1. The summed E-state index contributed by atoms with van der Waals surface area (Å²) in [6.07, 6.45) is 2.23. The van der Waals surface area contributed by atoms with Crippen molar-refractivity contribution in [2.24, 2.45) is 5.92 Å². The van der Waals surface area contributed by atoms with Crippen LogP contribution in [0.5, 0.6) is 0 Å². The van der Waals surface area contributed by atoms with Gasteiger partial charge >= 0.3 is 29.6 Å². The molecule has 1 amide bonds. The number of hydrogen-bond acceptors (Lipinski definition) is 3. The van der Waals surface area contributed by atoms with Crippen molar-refractivity contribution in [3.05, 3.63) is 12.7 Å². The van der Waals surface area contributed by atoms with Gasteiger partial charge in [0, 0.05) is 25.0 Å². The first-order chi connectivity index (χ1) is 6.15. The molecule has 1 aliphatic heterocycles. The minimum Gasteiger partial charge on any atom is -0.550 e. The average molecular weight is 205 g/mol. The van der Waals surface area contributed by atoms with Crippen molar-refractivity contribution < 1.29 is 44.3 Å². The molecule has 0 atom stereocenters. The van der Waals surface area contributed by atoms with Gasteiger partial charge in [0.1, 0.15) is 0 Å². The molecule has 1 heterocycles. The molecule has 1 fully saturated rings. The Morgan fingerprint density at radius 3 is 2.21 bits per heavy atom. The van der Waals surface area contributed by atoms with Crippen LogP contribution < -0.4 is 34.7 Å². The smallest absolute Gasteiger partial charge is 0.550 e. The minimum absolute atomic E-state index is 0. The third-order valence-corrected chi connectivity index (χ3v) is 2.31. The van der Waals surface area contributed by atoms with Crippen LogP contribution in [0.25, 0.3) is 0 Å². The van der Waals surface area contributed by atoms with Crippen LogP contribution in [-0.4, -0.2) is 29.9 Å². The number of piperidine rings is 1. The fourth-order valence-corrected chi connectivity index (χ4v) is 1.46. The van der Waals surface area contributed by atoms with E-state index in [1.165, 1.54) is 6.08 Å². The van der Waals surface area contributed by atoms with Crippen LogP contribution in [0.2, 0.25) is 0 Å². The van der Waals surface area contributed by atoms with E-state index in [1.54, 1.807) is 4.90 Å². The SMILES string of the molecule is C=CC(=O)N1CCC(C(=O)[O-])CC1.[Na+]. The summed E-state index contributed by atoms with van der Waals surface area (Å²) in [5.41, 5.74) is 0. The molecule has 0 aromatic rings. The summed E-state index contributed by atoms with van der Waals surface area (Å²) in [6, 6.07) is 0. The Bertz CT molecular complexity index is 234. The molecule has 1 aliphatic rings. The van der Waals surface area contributed by atoms with Crippen LogP contribution in [0.1, 0.15) is 12.8 Å². The maximum Gasteiger partial charge on any atom is 1.00 e. The molecule has 0 unspecified atom stereocenters. The molecular formula is C9H12NNaO3. The van der Waals surface area contributed by atoms with Gasteiger partial charge in [0.15, 0.2) is 0 Å². The summed E-state index contributed by atoms with van der Waals surface area (Å²) in [7, 11) is 0. The Morgan fingerprint density at radius 1 is 1.36 bits per heavy atom. The molecule has 5 heteroatoms. The van der Waals surface area contributed by atoms with Crippen molar-refractivity contribution in [2.75, 3.05) is 13.1 Å². The molecule has 0 radical (unpaired) electrons. The molecule has 0 saturated carbocycles. The van der Waals surface area contributed by atoms with Gasteiger partial charge in [-0.1, -0.05) is 6.58 Å². The van der Waals surface area contributed by atoms with Gasteiger partial charge in [-0.05, 0) is 18.9 Å². The first kappa shape index (κ1) is 13.7. The van der Waals surface area contributed by atoms with Crippen molar-refractivity contribution >= 4 is 11.9 Å². The van der Waals surface area contributed by atoms with Gasteiger partial charge in [-0.2, -0.15) is 0 Å². The standard InChI is InChI=1S/C9H13NO3.Na/c1-2-8(11)10-5-3-7(4-6-10)9(12)13;/h2,7H,1,3-6H2,(H,12,13);/q;+1/p-1. The van der Waals surface area contributed by atoms with E-state index in [4.69, 9.17) is 0 Å². The van der Waals surface area contributed by atoms with Gasteiger partial charge in [-0.25, -0.2) is 0 Å². The first-order valence-corrected chi connectivity index (χ1v) is 4.27. The van der Waals surface area contributed by atoms with Crippen LogP contribution >= 0.6 is 0 Å². The van der Waals surface area contributed by atoms with E-state index in [0.29, 0.717) is 25.9 Å². The molecular weight excluding hydrogens is 193 g/mol. The molecule has 1 saturated heterocycles. The summed E-state index contributed by atoms with van der Waals surface area (Å²) < 4.78 is 0.